The van der Waals surface area contributed by atoms with Crippen LogP contribution in [0.1, 0.15) is 90.9 Å². The largest absolute Gasteiger partial charge is 0.465 e. The Bertz CT molecular complexity index is 1410. The molecular weight excluding hydrogens is 500 g/mol. The van der Waals surface area contributed by atoms with Crippen molar-refractivity contribution in [3.8, 4) is 0 Å². The monoisotopic (exact) mass is 548 g/mol. The number of allylic oxidation sites excluding steroid dienone is 4. The molecule has 3 aromatic carbocycles. The van der Waals surface area contributed by atoms with E-state index < -0.39 is 6.29 Å². The first-order valence-electron chi connectivity index (χ1n) is 16.6. The second-order valence-electron chi connectivity index (χ2n) is 14.4. The summed E-state index contributed by atoms with van der Waals surface area (Å²) in [6.07, 6.45) is 14.7. The smallest absolute Gasteiger partial charge is 0.227 e. The zero-order chi connectivity index (χ0) is 28.1. The summed E-state index contributed by atoms with van der Waals surface area (Å²) in [7, 11) is 0. The molecule has 4 aliphatic rings. The molecule has 3 fully saturated rings. The van der Waals surface area contributed by atoms with Crippen molar-refractivity contribution in [2.24, 2.45) is 41.4 Å². The van der Waals surface area contributed by atoms with Crippen molar-refractivity contribution < 1.29 is 9.47 Å². The summed E-state index contributed by atoms with van der Waals surface area (Å²) in [5.74, 6) is 6.49. The molecule has 7 unspecified atom stereocenters. The van der Waals surface area contributed by atoms with Gasteiger partial charge >= 0.3 is 0 Å². The van der Waals surface area contributed by atoms with E-state index in [0.29, 0.717) is 29.8 Å². The van der Waals surface area contributed by atoms with E-state index in [0.717, 1.165) is 36.4 Å². The number of fused-ring (bicyclic) bond motifs is 7. The summed E-state index contributed by atoms with van der Waals surface area (Å²) in [6.45, 7) is 9.46. The molecular formula is C39H48O2. The molecule has 0 N–H and O–H groups in total. The average Bonchev–Trinajstić information content (AvgIpc) is 3.69. The van der Waals surface area contributed by atoms with Gasteiger partial charge in [0.2, 0.25) is 6.29 Å². The molecule has 0 spiro atoms. The SMILES string of the molecule is CC(C)CC(C1=CC=C(OC(OC2CC3CC2C2CCCC32)c2c3ccccc3cc3ccccc23)CC1)C(C)C. The maximum absolute atomic E-state index is 7.24. The van der Waals surface area contributed by atoms with Crippen LogP contribution in [-0.4, -0.2) is 6.10 Å². The first-order chi connectivity index (χ1) is 20.0. The number of benzene rings is 3. The number of ether oxygens (including phenoxy) is 2. The normalized spacial score (nSPS) is 28.8. The van der Waals surface area contributed by atoms with Crippen molar-refractivity contribution >= 4 is 21.5 Å². The van der Waals surface area contributed by atoms with Gasteiger partial charge < -0.3 is 9.47 Å². The van der Waals surface area contributed by atoms with Crippen LogP contribution >= 0.6 is 0 Å². The Hall–Kier alpha value is -2.58. The Morgan fingerprint density at radius 1 is 0.780 bits per heavy atom. The van der Waals surface area contributed by atoms with Crippen LogP contribution in [0.15, 0.2) is 78.1 Å². The van der Waals surface area contributed by atoms with Gasteiger partial charge in [-0.3, -0.25) is 0 Å². The molecule has 4 aliphatic carbocycles. The number of hydrogen-bond acceptors (Lipinski definition) is 2. The van der Waals surface area contributed by atoms with Gasteiger partial charge in [-0.2, -0.15) is 0 Å². The third-order valence-corrected chi connectivity index (χ3v) is 11.1. The molecule has 41 heavy (non-hydrogen) atoms. The van der Waals surface area contributed by atoms with E-state index >= 15 is 0 Å². The van der Waals surface area contributed by atoms with Gasteiger partial charge in [-0.1, -0.05) is 94.3 Å². The quantitative estimate of drug-likeness (QED) is 0.196. The summed E-state index contributed by atoms with van der Waals surface area (Å²) >= 11 is 0. The summed E-state index contributed by atoms with van der Waals surface area (Å²) in [6, 6.07) is 19.9. The van der Waals surface area contributed by atoms with Gasteiger partial charge in [-0.05, 0) is 114 Å². The van der Waals surface area contributed by atoms with E-state index in [1.807, 2.05) is 0 Å². The van der Waals surface area contributed by atoms with Gasteiger partial charge in [-0.15, -0.1) is 0 Å². The molecule has 0 aliphatic heterocycles. The van der Waals surface area contributed by atoms with Crippen molar-refractivity contribution in [1.29, 1.82) is 0 Å². The first-order valence-corrected chi connectivity index (χ1v) is 16.6. The lowest BCUT2D eigenvalue weighted by Crippen LogP contribution is -2.32. The molecule has 7 rings (SSSR count). The van der Waals surface area contributed by atoms with Crippen molar-refractivity contribution in [3.63, 3.8) is 0 Å². The number of rotatable bonds is 9. The van der Waals surface area contributed by atoms with E-state index in [1.54, 1.807) is 5.57 Å². The van der Waals surface area contributed by atoms with Crippen molar-refractivity contribution in [2.75, 3.05) is 0 Å². The maximum Gasteiger partial charge on any atom is 0.227 e. The van der Waals surface area contributed by atoms with Gasteiger partial charge in [0.15, 0.2) is 0 Å². The van der Waals surface area contributed by atoms with Gasteiger partial charge in [-0.25, -0.2) is 0 Å². The molecule has 0 heterocycles. The highest BCUT2D eigenvalue weighted by atomic mass is 16.7. The molecule has 0 aromatic heterocycles. The minimum Gasteiger partial charge on any atom is -0.465 e. The minimum atomic E-state index is -0.395. The van der Waals surface area contributed by atoms with Crippen LogP contribution in [0.25, 0.3) is 21.5 Å². The zero-order valence-electron chi connectivity index (χ0n) is 25.5. The molecule has 0 amide bonds. The van der Waals surface area contributed by atoms with Gasteiger partial charge in [0.25, 0.3) is 0 Å². The van der Waals surface area contributed by atoms with Crippen molar-refractivity contribution in [1.82, 2.24) is 0 Å². The third-order valence-electron chi connectivity index (χ3n) is 11.1. The molecule has 2 nitrogen and oxygen atoms in total. The summed E-state index contributed by atoms with van der Waals surface area (Å²) < 4.78 is 14.3. The van der Waals surface area contributed by atoms with Crippen LogP contribution in [0, 0.1) is 41.4 Å². The zero-order valence-corrected chi connectivity index (χ0v) is 25.5. The standard InChI is InChI=1S/C39H48O2/c1-24(2)20-35(25(3)4)26-16-18-30(19-17-26)40-39(41-37-23-29-22-36(37)34-15-9-14-31(29)34)38-32-12-7-5-10-27(32)21-28-11-6-8-13-33(28)38/h5-8,10-13,16,18,21,24-25,29,31,34-37,39H,9,14-15,17,19-20,22-23H2,1-4H3. The van der Waals surface area contributed by atoms with E-state index in [9.17, 15) is 0 Å². The highest BCUT2D eigenvalue weighted by molar-refractivity contribution is 6.02. The fourth-order valence-corrected chi connectivity index (χ4v) is 9.32. The molecule has 2 heteroatoms. The fourth-order valence-electron chi connectivity index (χ4n) is 9.32. The lowest BCUT2D eigenvalue weighted by Gasteiger charge is -2.35. The Labute approximate surface area is 247 Å². The molecule has 0 radical (unpaired) electrons. The second kappa shape index (κ2) is 11.3. The van der Waals surface area contributed by atoms with Crippen LogP contribution in [0.2, 0.25) is 0 Å². The van der Waals surface area contributed by atoms with E-state index in [-0.39, 0.29) is 0 Å². The van der Waals surface area contributed by atoms with Crippen LogP contribution in [0.4, 0.5) is 0 Å². The molecule has 0 saturated heterocycles. The predicted molar refractivity (Wildman–Crippen MR) is 170 cm³/mol. The van der Waals surface area contributed by atoms with E-state index in [2.05, 4.69) is 94.4 Å². The van der Waals surface area contributed by atoms with Crippen LogP contribution in [0.3, 0.4) is 0 Å². The Morgan fingerprint density at radius 2 is 1.49 bits per heavy atom. The fraction of sp³-hybridized carbons (Fsp3) is 0.538. The van der Waals surface area contributed by atoms with Crippen LogP contribution in [0.5, 0.6) is 0 Å². The van der Waals surface area contributed by atoms with Crippen LogP contribution < -0.4 is 0 Å². The lowest BCUT2D eigenvalue weighted by atomic mass is 9.79. The topological polar surface area (TPSA) is 18.5 Å². The molecule has 3 aromatic rings. The number of hydrogen-bond donors (Lipinski definition) is 0. The first kappa shape index (κ1) is 27.3. The van der Waals surface area contributed by atoms with Crippen molar-refractivity contribution in [3.05, 3.63) is 83.6 Å². The van der Waals surface area contributed by atoms with Crippen molar-refractivity contribution in [2.45, 2.75) is 91.5 Å². The van der Waals surface area contributed by atoms with E-state index in [4.69, 9.17) is 9.47 Å². The Kier molecular flexibility index (Phi) is 7.48. The molecule has 7 atom stereocenters. The van der Waals surface area contributed by atoms with Gasteiger partial charge in [0.05, 0.1) is 6.10 Å². The Morgan fingerprint density at radius 3 is 2.15 bits per heavy atom. The third kappa shape index (κ3) is 5.16. The highest BCUT2D eigenvalue weighted by Gasteiger charge is 2.55. The second-order valence-corrected chi connectivity index (χ2v) is 14.4. The summed E-state index contributed by atoms with van der Waals surface area (Å²) in [5.41, 5.74) is 2.80. The van der Waals surface area contributed by atoms with Crippen LogP contribution in [-0.2, 0) is 9.47 Å². The summed E-state index contributed by atoms with van der Waals surface area (Å²) in [5, 5.41) is 5.02. The minimum absolute atomic E-state index is 0.300. The average molecular weight is 549 g/mol. The Balaban J connectivity index is 1.25. The molecule has 3 saturated carbocycles. The lowest BCUT2D eigenvalue weighted by molar-refractivity contribution is -0.172. The van der Waals surface area contributed by atoms with Gasteiger partial charge in [0.1, 0.15) is 5.76 Å². The highest BCUT2D eigenvalue weighted by Crippen LogP contribution is 2.60. The predicted octanol–water partition coefficient (Wildman–Crippen LogP) is 10.8. The van der Waals surface area contributed by atoms with Gasteiger partial charge in [0, 0.05) is 12.0 Å². The molecule has 216 valence electrons. The van der Waals surface area contributed by atoms with E-state index in [1.165, 1.54) is 65.6 Å². The molecule has 2 bridgehead atoms. The maximum atomic E-state index is 7.24. The summed E-state index contributed by atoms with van der Waals surface area (Å²) in [4.78, 5) is 0.